The fourth-order valence-corrected chi connectivity index (χ4v) is 3.29. The first-order chi connectivity index (χ1) is 9.84. The molecule has 1 saturated heterocycles. The quantitative estimate of drug-likeness (QED) is 0.906. The van der Waals surface area contributed by atoms with Gasteiger partial charge >= 0.3 is 0 Å². The summed E-state index contributed by atoms with van der Waals surface area (Å²) in [6, 6.07) is 0.611. The highest BCUT2D eigenvalue weighted by Crippen LogP contribution is 2.30. The third kappa shape index (κ3) is 4.30. The molecule has 0 aliphatic carbocycles. The lowest BCUT2D eigenvalue weighted by molar-refractivity contribution is 0.0249. The van der Waals surface area contributed by atoms with Crippen LogP contribution in [-0.2, 0) is 6.54 Å². The minimum absolute atomic E-state index is 0.261. The van der Waals surface area contributed by atoms with Crippen LogP contribution in [0.3, 0.4) is 0 Å². The van der Waals surface area contributed by atoms with Gasteiger partial charge in [-0.25, -0.2) is 4.98 Å². The van der Waals surface area contributed by atoms with Gasteiger partial charge in [0, 0.05) is 50.2 Å². The maximum absolute atomic E-state index is 4.12. The Morgan fingerprint density at radius 2 is 2.10 bits per heavy atom. The van der Waals surface area contributed by atoms with Crippen molar-refractivity contribution in [1.82, 2.24) is 19.8 Å². The van der Waals surface area contributed by atoms with Crippen LogP contribution in [0.1, 0.15) is 47.5 Å². The highest BCUT2D eigenvalue weighted by Gasteiger charge is 2.39. The van der Waals surface area contributed by atoms with Gasteiger partial charge in [0.2, 0.25) is 0 Å². The van der Waals surface area contributed by atoms with E-state index in [2.05, 4.69) is 60.6 Å². The predicted octanol–water partition coefficient (Wildman–Crippen LogP) is 2.76. The largest absolute Gasteiger partial charge is 0.337 e. The van der Waals surface area contributed by atoms with Gasteiger partial charge in [0.1, 0.15) is 0 Å². The van der Waals surface area contributed by atoms with E-state index in [4.69, 9.17) is 0 Å². The minimum atomic E-state index is 0.261. The third-order valence-electron chi connectivity index (χ3n) is 4.92. The van der Waals surface area contributed by atoms with Crippen molar-refractivity contribution in [2.75, 3.05) is 19.6 Å². The highest BCUT2D eigenvalue weighted by atomic mass is 15.3. The molecule has 2 atom stereocenters. The summed E-state index contributed by atoms with van der Waals surface area (Å²) < 4.78 is 2.17. The van der Waals surface area contributed by atoms with Crippen LogP contribution in [0.25, 0.3) is 0 Å². The molecule has 0 radical (unpaired) electrons. The average molecular weight is 292 g/mol. The lowest BCUT2D eigenvalue weighted by Gasteiger charge is -2.50. The Morgan fingerprint density at radius 3 is 2.67 bits per heavy atom. The molecule has 1 aromatic rings. The zero-order valence-electron chi connectivity index (χ0n) is 14.4. The third-order valence-corrected chi connectivity index (χ3v) is 4.92. The SMILES string of the molecule is CCC1(C)CN(CCCn2ccnc2)C(C(C)(C)C)CN1. The van der Waals surface area contributed by atoms with Crippen LogP contribution in [0.5, 0.6) is 0 Å². The van der Waals surface area contributed by atoms with Crippen molar-refractivity contribution in [1.29, 1.82) is 0 Å². The summed E-state index contributed by atoms with van der Waals surface area (Å²) in [6.07, 6.45) is 8.19. The molecular formula is C17H32N4. The molecule has 0 amide bonds. The van der Waals surface area contributed by atoms with Crippen LogP contribution < -0.4 is 5.32 Å². The summed E-state index contributed by atoms with van der Waals surface area (Å²) in [4.78, 5) is 6.82. The Bertz CT molecular complexity index is 420. The Morgan fingerprint density at radius 1 is 1.33 bits per heavy atom. The number of nitrogens with zero attached hydrogens (tertiary/aromatic N) is 3. The van der Waals surface area contributed by atoms with Crippen LogP contribution in [0.4, 0.5) is 0 Å². The highest BCUT2D eigenvalue weighted by molar-refractivity contribution is 4.98. The Hall–Kier alpha value is -0.870. The van der Waals surface area contributed by atoms with Gasteiger partial charge in [0.05, 0.1) is 6.33 Å². The van der Waals surface area contributed by atoms with E-state index in [1.54, 1.807) is 0 Å². The summed E-state index contributed by atoms with van der Waals surface area (Å²) in [6.45, 7) is 16.2. The number of aryl methyl sites for hydroxylation is 1. The molecule has 2 unspecified atom stereocenters. The first-order valence-electron chi connectivity index (χ1n) is 8.29. The summed E-state index contributed by atoms with van der Waals surface area (Å²) in [5, 5.41) is 3.78. The molecule has 0 saturated carbocycles. The molecule has 1 aliphatic heterocycles. The summed E-state index contributed by atoms with van der Waals surface area (Å²) >= 11 is 0. The lowest BCUT2D eigenvalue weighted by Crippen LogP contribution is -2.65. The maximum atomic E-state index is 4.12. The molecule has 2 rings (SSSR count). The number of nitrogens with one attached hydrogen (secondary N) is 1. The van der Waals surface area contributed by atoms with Gasteiger partial charge in [-0.15, -0.1) is 0 Å². The fraction of sp³-hybridized carbons (Fsp3) is 0.824. The second kappa shape index (κ2) is 6.49. The number of hydrogen-bond acceptors (Lipinski definition) is 3. The molecule has 1 aromatic heterocycles. The van der Waals surface area contributed by atoms with Crippen LogP contribution in [0.2, 0.25) is 0 Å². The van der Waals surface area contributed by atoms with Crippen molar-refractivity contribution < 1.29 is 0 Å². The number of imidazole rings is 1. The Labute approximate surface area is 129 Å². The summed E-state index contributed by atoms with van der Waals surface area (Å²) in [5.74, 6) is 0. The molecule has 4 heteroatoms. The zero-order chi connectivity index (χ0) is 15.5. The van der Waals surface area contributed by atoms with Crippen LogP contribution in [0.15, 0.2) is 18.7 Å². The van der Waals surface area contributed by atoms with Crippen LogP contribution in [0, 0.1) is 5.41 Å². The standard InChI is InChI=1S/C17H32N4/c1-6-17(5)13-21(15(12-19-17)16(2,3)4)10-7-9-20-11-8-18-14-20/h8,11,14-15,19H,6-7,9-10,12-13H2,1-5H3. The Balaban J connectivity index is 1.96. The lowest BCUT2D eigenvalue weighted by atomic mass is 9.81. The van der Waals surface area contributed by atoms with Crippen molar-refractivity contribution in [3.05, 3.63) is 18.7 Å². The van der Waals surface area contributed by atoms with E-state index in [0.717, 1.165) is 26.2 Å². The normalized spacial score (nSPS) is 28.0. The molecule has 0 aromatic carbocycles. The topological polar surface area (TPSA) is 33.1 Å². The van der Waals surface area contributed by atoms with Crippen molar-refractivity contribution >= 4 is 0 Å². The molecule has 120 valence electrons. The van der Waals surface area contributed by atoms with E-state index in [1.165, 1.54) is 12.8 Å². The summed E-state index contributed by atoms with van der Waals surface area (Å²) in [5.41, 5.74) is 0.577. The molecule has 2 heterocycles. The molecule has 0 bridgehead atoms. The van der Waals surface area contributed by atoms with Gasteiger partial charge in [-0.05, 0) is 25.2 Å². The molecule has 1 N–H and O–H groups in total. The van der Waals surface area contributed by atoms with E-state index in [1.807, 2.05) is 12.5 Å². The van der Waals surface area contributed by atoms with E-state index in [0.29, 0.717) is 11.5 Å². The second-order valence-corrected chi connectivity index (χ2v) is 7.80. The monoisotopic (exact) mass is 292 g/mol. The van der Waals surface area contributed by atoms with Crippen molar-refractivity contribution in [2.45, 2.75) is 65.6 Å². The van der Waals surface area contributed by atoms with Crippen molar-refractivity contribution in [2.24, 2.45) is 5.41 Å². The first-order valence-corrected chi connectivity index (χ1v) is 8.29. The zero-order valence-corrected chi connectivity index (χ0v) is 14.4. The summed E-state index contributed by atoms with van der Waals surface area (Å²) in [7, 11) is 0. The maximum Gasteiger partial charge on any atom is 0.0945 e. The van der Waals surface area contributed by atoms with E-state index in [-0.39, 0.29) is 5.54 Å². The fourth-order valence-electron chi connectivity index (χ4n) is 3.29. The van der Waals surface area contributed by atoms with Gasteiger partial charge in [0.25, 0.3) is 0 Å². The molecule has 1 aliphatic rings. The number of hydrogen-bond donors (Lipinski definition) is 1. The first kappa shape index (κ1) is 16.5. The molecular weight excluding hydrogens is 260 g/mol. The smallest absolute Gasteiger partial charge is 0.0945 e. The number of rotatable bonds is 5. The van der Waals surface area contributed by atoms with Gasteiger partial charge in [0.15, 0.2) is 0 Å². The number of aromatic nitrogens is 2. The molecule has 4 nitrogen and oxygen atoms in total. The van der Waals surface area contributed by atoms with Crippen LogP contribution >= 0.6 is 0 Å². The van der Waals surface area contributed by atoms with Gasteiger partial charge in [-0.3, -0.25) is 4.90 Å². The van der Waals surface area contributed by atoms with E-state index >= 15 is 0 Å². The van der Waals surface area contributed by atoms with Crippen molar-refractivity contribution in [3.8, 4) is 0 Å². The van der Waals surface area contributed by atoms with E-state index in [9.17, 15) is 0 Å². The Kier molecular flexibility index (Phi) is 5.10. The van der Waals surface area contributed by atoms with Gasteiger partial charge in [-0.1, -0.05) is 27.7 Å². The van der Waals surface area contributed by atoms with Crippen LogP contribution in [-0.4, -0.2) is 45.7 Å². The minimum Gasteiger partial charge on any atom is -0.337 e. The second-order valence-electron chi connectivity index (χ2n) is 7.80. The predicted molar refractivity (Wildman–Crippen MR) is 88.4 cm³/mol. The molecule has 21 heavy (non-hydrogen) atoms. The molecule has 0 spiro atoms. The van der Waals surface area contributed by atoms with Gasteiger partial charge in [-0.2, -0.15) is 0 Å². The van der Waals surface area contributed by atoms with E-state index < -0.39 is 0 Å². The number of piperazine rings is 1. The van der Waals surface area contributed by atoms with Crippen molar-refractivity contribution in [3.63, 3.8) is 0 Å². The van der Waals surface area contributed by atoms with Gasteiger partial charge < -0.3 is 9.88 Å². The molecule has 1 fully saturated rings. The average Bonchev–Trinajstić information content (AvgIpc) is 2.91.